The smallest absolute Gasteiger partial charge is 0.347 e. The van der Waals surface area contributed by atoms with Crippen molar-refractivity contribution in [1.29, 1.82) is 0 Å². The van der Waals surface area contributed by atoms with E-state index in [0.717, 1.165) is 5.01 Å². The third kappa shape index (κ3) is 4.16. The second kappa shape index (κ2) is 6.74. The van der Waals surface area contributed by atoms with Crippen molar-refractivity contribution in [2.75, 3.05) is 6.54 Å². The van der Waals surface area contributed by atoms with Crippen molar-refractivity contribution in [3.8, 4) is 0 Å². The van der Waals surface area contributed by atoms with Crippen LogP contribution in [0.3, 0.4) is 0 Å². The molecule has 0 aliphatic heterocycles. The number of nitrogens with zero attached hydrogens (tertiary/aromatic N) is 1. The SMILES string of the molecule is NCCc1nc(C(=O)NC2CCCCC2C(F)(F)F)cs1. The van der Waals surface area contributed by atoms with Crippen molar-refractivity contribution in [1.82, 2.24) is 10.3 Å². The van der Waals surface area contributed by atoms with E-state index in [2.05, 4.69) is 10.3 Å². The van der Waals surface area contributed by atoms with Gasteiger partial charge in [-0.1, -0.05) is 12.8 Å². The summed E-state index contributed by atoms with van der Waals surface area (Å²) in [6.07, 6.45) is -2.03. The van der Waals surface area contributed by atoms with Crippen molar-refractivity contribution in [3.63, 3.8) is 0 Å². The molecule has 1 aromatic heterocycles. The molecule has 1 aliphatic rings. The van der Waals surface area contributed by atoms with E-state index in [0.29, 0.717) is 32.2 Å². The van der Waals surface area contributed by atoms with Crippen LogP contribution in [0.2, 0.25) is 0 Å². The molecule has 0 bridgehead atoms. The summed E-state index contributed by atoms with van der Waals surface area (Å²) < 4.78 is 38.9. The fourth-order valence-electron chi connectivity index (χ4n) is 2.59. The van der Waals surface area contributed by atoms with Gasteiger partial charge < -0.3 is 11.1 Å². The normalized spacial score (nSPS) is 23.0. The van der Waals surface area contributed by atoms with E-state index in [4.69, 9.17) is 5.73 Å². The lowest BCUT2D eigenvalue weighted by atomic mass is 9.84. The highest BCUT2D eigenvalue weighted by Gasteiger charge is 2.46. The van der Waals surface area contributed by atoms with Crippen LogP contribution in [0.4, 0.5) is 13.2 Å². The van der Waals surface area contributed by atoms with Gasteiger partial charge in [0.2, 0.25) is 0 Å². The monoisotopic (exact) mass is 321 g/mol. The summed E-state index contributed by atoms with van der Waals surface area (Å²) in [6.45, 7) is 0.424. The van der Waals surface area contributed by atoms with E-state index in [9.17, 15) is 18.0 Å². The number of rotatable bonds is 4. The van der Waals surface area contributed by atoms with Gasteiger partial charge in [0, 0.05) is 17.8 Å². The highest BCUT2D eigenvalue weighted by Crippen LogP contribution is 2.37. The molecule has 0 aromatic carbocycles. The van der Waals surface area contributed by atoms with Crippen LogP contribution in [-0.4, -0.2) is 29.7 Å². The maximum absolute atomic E-state index is 13.0. The van der Waals surface area contributed by atoms with E-state index in [-0.39, 0.29) is 12.1 Å². The first-order valence-electron chi connectivity index (χ1n) is 6.94. The van der Waals surface area contributed by atoms with Gasteiger partial charge in [-0.2, -0.15) is 13.2 Å². The summed E-state index contributed by atoms with van der Waals surface area (Å²) >= 11 is 1.30. The molecular weight excluding hydrogens is 303 g/mol. The number of aromatic nitrogens is 1. The maximum Gasteiger partial charge on any atom is 0.393 e. The quantitative estimate of drug-likeness (QED) is 0.895. The van der Waals surface area contributed by atoms with Gasteiger partial charge in [-0.15, -0.1) is 11.3 Å². The second-order valence-corrected chi connectivity index (χ2v) is 6.12. The van der Waals surface area contributed by atoms with Crippen LogP contribution >= 0.6 is 11.3 Å². The van der Waals surface area contributed by atoms with Gasteiger partial charge in [-0.25, -0.2) is 4.98 Å². The van der Waals surface area contributed by atoms with E-state index >= 15 is 0 Å². The van der Waals surface area contributed by atoms with Crippen LogP contribution in [0.1, 0.15) is 41.2 Å². The summed E-state index contributed by atoms with van der Waals surface area (Å²) in [7, 11) is 0. The van der Waals surface area contributed by atoms with Crippen LogP contribution in [0.15, 0.2) is 5.38 Å². The number of amides is 1. The molecule has 118 valence electrons. The number of carbonyl (C=O) groups excluding carboxylic acids is 1. The molecule has 1 fully saturated rings. The minimum atomic E-state index is -4.27. The topological polar surface area (TPSA) is 68.0 Å². The van der Waals surface area contributed by atoms with Gasteiger partial charge in [0.05, 0.1) is 10.9 Å². The molecule has 1 saturated carbocycles. The van der Waals surface area contributed by atoms with Gasteiger partial charge in [-0.05, 0) is 19.4 Å². The van der Waals surface area contributed by atoms with E-state index in [1.807, 2.05) is 0 Å². The third-order valence-corrected chi connectivity index (χ3v) is 4.55. The molecule has 2 rings (SSSR count). The third-order valence-electron chi connectivity index (χ3n) is 3.65. The molecule has 8 heteroatoms. The van der Waals surface area contributed by atoms with Crippen LogP contribution in [0.5, 0.6) is 0 Å². The molecule has 0 saturated heterocycles. The number of nitrogens with one attached hydrogen (secondary N) is 1. The molecule has 0 spiro atoms. The lowest BCUT2D eigenvalue weighted by Crippen LogP contribution is -2.47. The first-order chi connectivity index (χ1) is 9.91. The van der Waals surface area contributed by atoms with Crippen molar-refractivity contribution in [2.45, 2.75) is 44.3 Å². The minimum absolute atomic E-state index is 0.0733. The van der Waals surface area contributed by atoms with Crippen molar-refractivity contribution >= 4 is 17.2 Å². The van der Waals surface area contributed by atoms with Crippen molar-refractivity contribution in [2.24, 2.45) is 11.7 Å². The van der Waals surface area contributed by atoms with Crippen molar-refractivity contribution in [3.05, 3.63) is 16.1 Å². The Morgan fingerprint density at radius 1 is 1.43 bits per heavy atom. The molecule has 2 atom stereocenters. The first-order valence-corrected chi connectivity index (χ1v) is 7.82. The summed E-state index contributed by atoms with van der Waals surface area (Å²) in [6, 6.07) is -0.856. The van der Waals surface area contributed by atoms with Crippen molar-refractivity contribution < 1.29 is 18.0 Å². The molecule has 2 unspecified atom stereocenters. The highest BCUT2D eigenvalue weighted by atomic mass is 32.1. The lowest BCUT2D eigenvalue weighted by Gasteiger charge is -2.33. The summed E-state index contributed by atoms with van der Waals surface area (Å²) in [4.78, 5) is 16.1. The minimum Gasteiger partial charge on any atom is -0.347 e. The standard InChI is InChI=1S/C13H18F3N3OS/c14-13(15,16)8-3-1-2-4-9(8)19-12(20)10-7-21-11(18-10)5-6-17/h7-9H,1-6,17H2,(H,19,20). The Kier molecular flexibility index (Phi) is 5.21. The van der Waals surface area contributed by atoms with Crippen LogP contribution in [-0.2, 0) is 6.42 Å². The lowest BCUT2D eigenvalue weighted by molar-refractivity contribution is -0.187. The predicted octanol–water partition coefficient (Wildman–Crippen LogP) is 2.50. The molecule has 3 N–H and O–H groups in total. The Bertz CT molecular complexity index is 489. The van der Waals surface area contributed by atoms with Crippen LogP contribution in [0.25, 0.3) is 0 Å². The molecule has 1 amide bonds. The Morgan fingerprint density at radius 2 is 2.14 bits per heavy atom. The molecule has 1 aliphatic carbocycles. The average molecular weight is 321 g/mol. The number of hydrogen-bond acceptors (Lipinski definition) is 4. The number of halogens is 3. The number of carbonyl (C=O) groups is 1. The first kappa shape index (κ1) is 16.2. The molecule has 1 heterocycles. The number of nitrogens with two attached hydrogens (primary N) is 1. The Balaban J connectivity index is 2.02. The zero-order valence-electron chi connectivity index (χ0n) is 11.4. The second-order valence-electron chi connectivity index (χ2n) is 5.18. The Morgan fingerprint density at radius 3 is 2.81 bits per heavy atom. The largest absolute Gasteiger partial charge is 0.393 e. The molecule has 21 heavy (non-hydrogen) atoms. The van der Waals surface area contributed by atoms with Gasteiger partial charge in [0.1, 0.15) is 5.69 Å². The summed E-state index contributed by atoms with van der Waals surface area (Å²) in [5.41, 5.74) is 5.58. The summed E-state index contributed by atoms with van der Waals surface area (Å²) in [5.74, 6) is -1.99. The van der Waals surface area contributed by atoms with Gasteiger partial charge >= 0.3 is 6.18 Å². The zero-order chi connectivity index (χ0) is 15.5. The highest BCUT2D eigenvalue weighted by molar-refractivity contribution is 7.09. The fraction of sp³-hybridized carbons (Fsp3) is 0.692. The fourth-order valence-corrected chi connectivity index (χ4v) is 3.39. The zero-order valence-corrected chi connectivity index (χ0v) is 12.3. The predicted molar refractivity (Wildman–Crippen MR) is 74.1 cm³/mol. The van der Waals surface area contributed by atoms with E-state index in [1.54, 1.807) is 5.38 Å². The molecule has 0 radical (unpaired) electrons. The molecule has 1 aromatic rings. The van der Waals surface area contributed by atoms with Crippen LogP contribution in [0, 0.1) is 5.92 Å². The van der Waals surface area contributed by atoms with Gasteiger partial charge in [0.15, 0.2) is 0 Å². The molecular formula is C13H18F3N3OS. The summed E-state index contributed by atoms with van der Waals surface area (Å²) in [5, 5.41) is 4.78. The number of hydrogen-bond donors (Lipinski definition) is 2. The van der Waals surface area contributed by atoms with Gasteiger partial charge in [-0.3, -0.25) is 4.79 Å². The van der Waals surface area contributed by atoms with Gasteiger partial charge in [0.25, 0.3) is 5.91 Å². The molecule has 4 nitrogen and oxygen atoms in total. The number of alkyl halides is 3. The van der Waals surface area contributed by atoms with E-state index in [1.165, 1.54) is 11.3 Å². The maximum atomic E-state index is 13.0. The number of thiazole rings is 1. The van der Waals surface area contributed by atoms with E-state index < -0.39 is 24.0 Å². The van der Waals surface area contributed by atoms with Crippen LogP contribution < -0.4 is 11.1 Å². The Hall–Kier alpha value is -1.15. The Labute approximate surface area is 124 Å². The average Bonchev–Trinajstić information content (AvgIpc) is 2.87.